The van der Waals surface area contributed by atoms with Crippen LogP contribution in [0.15, 0.2) is 219 Å². The van der Waals surface area contributed by atoms with Crippen molar-refractivity contribution in [3.8, 4) is 89.5 Å². The predicted molar refractivity (Wildman–Crippen MR) is 265 cm³/mol. The molecule has 4 heteroatoms. The lowest BCUT2D eigenvalue weighted by atomic mass is 9.82. The second-order valence-corrected chi connectivity index (χ2v) is 16.5. The van der Waals surface area contributed by atoms with E-state index in [4.69, 9.17) is 15.0 Å². The minimum atomic E-state index is 0.824. The number of fused-ring (bicyclic) bond motifs is 7. The highest BCUT2D eigenvalue weighted by Gasteiger charge is 2.31. The molecule has 64 heavy (non-hydrogen) atoms. The van der Waals surface area contributed by atoms with E-state index < -0.39 is 0 Å². The average Bonchev–Trinajstić information content (AvgIpc) is 3.70. The minimum absolute atomic E-state index is 0.824. The molecule has 0 saturated carbocycles. The van der Waals surface area contributed by atoms with E-state index in [-0.39, 0.29) is 0 Å². The standard InChI is InChI=1S/C60H36N4/c1-3-14-37(15-4-1)54-46-19-7-8-20-47(46)55(38-16-5-2-6-17-38)58-49-30-29-44(45-21-11-22-48(56(45)49)57(54)58)41-34-42(50-24-12-25-53(63-50)52-23-9-10-32-61-52)36-43(35-41)51-31-28-40-27-26-39-18-13-33-62-59(39)60(40)64-51/h1-36H. The SMILES string of the molecule is c1ccc(-c2c3c(c(-c4ccccc4)c4ccccc24)-c2ccc(-c4cc(-c5cccc(-c6ccccn6)n5)cc(-c5ccc6ccc7cccnc7c6n5)c4)c4cccc-3c24)cc1. The third-order valence-electron chi connectivity index (χ3n) is 12.9. The van der Waals surface area contributed by atoms with Crippen LogP contribution in [0.5, 0.6) is 0 Å². The van der Waals surface area contributed by atoms with Crippen LogP contribution in [0.25, 0.3) is 133 Å². The van der Waals surface area contributed by atoms with Gasteiger partial charge in [-0.15, -0.1) is 0 Å². The number of hydrogen-bond acceptors (Lipinski definition) is 4. The van der Waals surface area contributed by atoms with Gasteiger partial charge in [-0.25, -0.2) is 9.97 Å². The van der Waals surface area contributed by atoms with Gasteiger partial charge in [0.2, 0.25) is 0 Å². The first kappa shape index (κ1) is 36.1. The molecule has 4 heterocycles. The fourth-order valence-electron chi connectivity index (χ4n) is 10.1. The van der Waals surface area contributed by atoms with E-state index in [1.807, 2.05) is 42.7 Å². The monoisotopic (exact) mass is 812 g/mol. The zero-order chi connectivity index (χ0) is 42.1. The van der Waals surface area contributed by atoms with Gasteiger partial charge in [0, 0.05) is 34.3 Å². The first-order chi connectivity index (χ1) is 31.7. The van der Waals surface area contributed by atoms with E-state index in [1.54, 1.807) is 0 Å². The molecule has 0 amide bonds. The number of rotatable bonds is 6. The zero-order valence-corrected chi connectivity index (χ0v) is 34.6. The average molecular weight is 813 g/mol. The summed E-state index contributed by atoms with van der Waals surface area (Å²) < 4.78 is 0. The number of hydrogen-bond donors (Lipinski definition) is 0. The maximum Gasteiger partial charge on any atom is 0.0972 e. The Morgan fingerprint density at radius 2 is 0.812 bits per heavy atom. The zero-order valence-electron chi connectivity index (χ0n) is 34.6. The predicted octanol–water partition coefficient (Wildman–Crippen LogP) is 15.5. The van der Waals surface area contributed by atoms with E-state index in [2.05, 4.69) is 181 Å². The molecule has 0 aliphatic heterocycles. The molecule has 296 valence electrons. The summed E-state index contributed by atoms with van der Waals surface area (Å²) in [5.74, 6) is 0. The Morgan fingerprint density at radius 3 is 1.53 bits per heavy atom. The highest BCUT2D eigenvalue weighted by Crippen LogP contribution is 2.58. The van der Waals surface area contributed by atoms with Crippen LogP contribution in [0.3, 0.4) is 0 Å². The molecule has 1 aliphatic carbocycles. The van der Waals surface area contributed by atoms with E-state index in [9.17, 15) is 0 Å². The molecular formula is C60H36N4. The van der Waals surface area contributed by atoms with Crippen LogP contribution in [0, 0.1) is 0 Å². The number of pyridine rings is 4. The maximum atomic E-state index is 5.35. The van der Waals surface area contributed by atoms with Crippen LogP contribution in [0.2, 0.25) is 0 Å². The minimum Gasteiger partial charge on any atom is -0.255 e. The summed E-state index contributed by atoms with van der Waals surface area (Å²) in [7, 11) is 0. The van der Waals surface area contributed by atoms with Crippen molar-refractivity contribution in [1.82, 2.24) is 19.9 Å². The molecule has 4 nitrogen and oxygen atoms in total. The summed E-state index contributed by atoms with van der Waals surface area (Å²) in [5.41, 5.74) is 19.5. The largest absolute Gasteiger partial charge is 0.255 e. The summed E-state index contributed by atoms with van der Waals surface area (Å²) >= 11 is 0. The van der Waals surface area contributed by atoms with Crippen LogP contribution in [-0.2, 0) is 0 Å². The van der Waals surface area contributed by atoms with Gasteiger partial charge in [0.15, 0.2) is 0 Å². The van der Waals surface area contributed by atoms with E-state index in [0.29, 0.717) is 0 Å². The van der Waals surface area contributed by atoms with Crippen molar-refractivity contribution >= 4 is 43.4 Å². The van der Waals surface area contributed by atoms with Gasteiger partial charge in [0.1, 0.15) is 0 Å². The Morgan fingerprint density at radius 1 is 0.266 bits per heavy atom. The molecule has 0 fully saturated rings. The van der Waals surface area contributed by atoms with E-state index in [0.717, 1.165) is 66.8 Å². The molecule has 4 aromatic heterocycles. The number of nitrogens with zero attached hydrogens (tertiary/aromatic N) is 4. The quantitative estimate of drug-likeness (QED) is 0.157. The molecule has 0 saturated heterocycles. The van der Waals surface area contributed by atoms with Gasteiger partial charge in [-0.1, -0.05) is 152 Å². The molecule has 0 atom stereocenters. The molecule has 0 bridgehead atoms. The Balaban J connectivity index is 1.08. The summed E-state index contributed by atoms with van der Waals surface area (Å²) in [6.07, 6.45) is 3.66. The van der Waals surface area contributed by atoms with Gasteiger partial charge >= 0.3 is 0 Å². The van der Waals surface area contributed by atoms with Crippen molar-refractivity contribution in [3.63, 3.8) is 0 Å². The molecule has 0 unspecified atom stereocenters. The second kappa shape index (κ2) is 14.5. The van der Waals surface area contributed by atoms with Gasteiger partial charge in [-0.05, 0) is 132 Å². The van der Waals surface area contributed by atoms with Gasteiger partial charge < -0.3 is 0 Å². The van der Waals surface area contributed by atoms with Crippen molar-refractivity contribution in [1.29, 1.82) is 0 Å². The van der Waals surface area contributed by atoms with Crippen LogP contribution in [0.1, 0.15) is 0 Å². The lowest BCUT2D eigenvalue weighted by Crippen LogP contribution is -1.93. The van der Waals surface area contributed by atoms with Crippen molar-refractivity contribution in [2.24, 2.45) is 0 Å². The third kappa shape index (κ3) is 5.70. The molecule has 0 radical (unpaired) electrons. The lowest BCUT2D eigenvalue weighted by Gasteiger charge is -2.20. The van der Waals surface area contributed by atoms with Gasteiger partial charge in [0.05, 0.1) is 33.8 Å². The van der Waals surface area contributed by atoms with Crippen LogP contribution in [-0.4, -0.2) is 19.9 Å². The van der Waals surface area contributed by atoms with E-state index in [1.165, 1.54) is 66.1 Å². The summed E-state index contributed by atoms with van der Waals surface area (Å²) in [5, 5.41) is 7.09. The van der Waals surface area contributed by atoms with Gasteiger partial charge in [0.25, 0.3) is 0 Å². The third-order valence-corrected chi connectivity index (χ3v) is 12.9. The molecule has 13 rings (SSSR count). The first-order valence-corrected chi connectivity index (χ1v) is 21.7. The van der Waals surface area contributed by atoms with Gasteiger partial charge in [-0.2, -0.15) is 0 Å². The lowest BCUT2D eigenvalue weighted by molar-refractivity contribution is 1.25. The van der Waals surface area contributed by atoms with Crippen molar-refractivity contribution in [3.05, 3.63) is 219 Å². The van der Waals surface area contributed by atoms with E-state index >= 15 is 0 Å². The van der Waals surface area contributed by atoms with Crippen LogP contribution in [0.4, 0.5) is 0 Å². The van der Waals surface area contributed by atoms with Crippen LogP contribution >= 0.6 is 0 Å². The Hall–Kier alpha value is -8.60. The second-order valence-electron chi connectivity index (χ2n) is 16.5. The summed E-state index contributed by atoms with van der Waals surface area (Å²) in [6.45, 7) is 0. The molecule has 8 aromatic carbocycles. The van der Waals surface area contributed by atoms with Crippen molar-refractivity contribution < 1.29 is 0 Å². The smallest absolute Gasteiger partial charge is 0.0972 e. The van der Waals surface area contributed by atoms with Gasteiger partial charge in [-0.3, -0.25) is 9.97 Å². The topological polar surface area (TPSA) is 51.6 Å². The fourth-order valence-corrected chi connectivity index (χ4v) is 10.1. The number of benzene rings is 8. The van der Waals surface area contributed by atoms with Crippen molar-refractivity contribution in [2.45, 2.75) is 0 Å². The summed E-state index contributed by atoms with van der Waals surface area (Å²) in [6, 6.07) is 73.8. The highest BCUT2D eigenvalue weighted by atomic mass is 14.8. The molecule has 1 aliphatic rings. The molecular weight excluding hydrogens is 777 g/mol. The highest BCUT2D eigenvalue weighted by molar-refractivity contribution is 6.28. The molecule has 0 N–H and O–H groups in total. The molecule has 0 spiro atoms. The Bertz CT molecular complexity index is 3730. The van der Waals surface area contributed by atoms with Crippen molar-refractivity contribution in [2.75, 3.05) is 0 Å². The first-order valence-electron chi connectivity index (χ1n) is 21.7. The molecule has 12 aromatic rings. The summed E-state index contributed by atoms with van der Waals surface area (Å²) in [4.78, 5) is 20.0. The Labute approximate surface area is 369 Å². The normalized spacial score (nSPS) is 11.8. The number of aromatic nitrogens is 4. The fraction of sp³-hybridized carbons (Fsp3) is 0. The van der Waals surface area contributed by atoms with Crippen LogP contribution < -0.4 is 0 Å². The Kier molecular flexibility index (Phi) is 8.18. The maximum absolute atomic E-state index is 5.35.